The van der Waals surface area contributed by atoms with Gasteiger partial charge in [-0.3, -0.25) is 9.41 Å². The van der Waals surface area contributed by atoms with Crippen LogP contribution in [0.5, 0.6) is 0 Å². The molecule has 0 saturated carbocycles. The van der Waals surface area contributed by atoms with Crippen molar-refractivity contribution in [1.29, 1.82) is 0 Å². The lowest BCUT2D eigenvalue weighted by Crippen LogP contribution is -2.11. The summed E-state index contributed by atoms with van der Waals surface area (Å²) in [4.78, 5) is 15.2. The monoisotopic (exact) mass is 306 g/mol. The maximum atomic E-state index is 11.8. The van der Waals surface area contributed by atoms with Crippen molar-refractivity contribution in [3.8, 4) is 0 Å². The molecule has 0 aliphatic carbocycles. The molecule has 0 bridgehead atoms. The molecule has 2 rings (SSSR count). The lowest BCUT2D eigenvalue weighted by atomic mass is 10.2. The summed E-state index contributed by atoms with van der Waals surface area (Å²) in [6.07, 6.45) is 0. The Morgan fingerprint density at radius 2 is 2.28 bits per heavy atom. The lowest BCUT2D eigenvalue weighted by molar-refractivity contribution is 0.0515. The zero-order chi connectivity index (χ0) is 13.1. The van der Waals surface area contributed by atoms with Gasteiger partial charge in [0.15, 0.2) is 0 Å². The van der Waals surface area contributed by atoms with E-state index in [9.17, 15) is 4.79 Å². The summed E-state index contributed by atoms with van der Waals surface area (Å²) in [7, 11) is 0. The van der Waals surface area contributed by atoms with E-state index in [1.54, 1.807) is 17.6 Å². The largest absolute Gasteiger partial charge is 0.461 e. The molecule has 0 aliphatic rings. The van der Waals surface area contributed by atoms with Gasteiger partial charge in [0, 0.05) is 9.86 Å². The number of aromatic nitrogens is 1. The van der Waals surface area contributed by atoms with Gasteiger partial charge in [0.2, 0.25) is 0 Å². The highest BCUT2D eigenvalue weighted by atomic mass is 79.9. The summed E-state index contributed by atoms with van der Waals surface area (Å²) in [6, 6.07) is 7.45. The van der Waals surface area contributed by atoms with E-state index in [1.807, 2.05) is 18.2 Å². The first-order valence-corrected chi connectivity index (χ1v) is 6.25. The summed E-state index contributed by atoms with van der Waals surface area (Å²) >= 11 is 3.39. The van der Waals surface area contributed by atoms with Crippen molar-refractivity contribution in [2.75, 3.05) is 6.61 Å². The number of carbonyl (C=O) groups is 1. The number of halogens is 1. The van der Waals surface area contributed by atoms with E-state index in [0.29, 0.717) is 12.3 Å². The van der Waals surface area contributed by atoms with Gasteiger partial charge in [-0.15, -0.1) is 0 Å². The van der Waals surface area contributed by atoms with Crippen LogP contribution in [0, 0.1) is 6.57 Å². The minimum Gasteiger partial charge on any atom is -0.461 e. The molecule has 0 spiro atoms. The van der Waals surface area contributed by atoms with Crippen LogP contribution in [0.25, 0.3) is 15.7 Å². The molecule has 0 atom stereocenters. The van der Waals surface area contributed by atoms with Crippen LogP contribution >= 0.6 is 15.9 Å². The molecule has 18 heavy (non-hydrogen) atoms. The number of fused-ring (bicyclic) bond motifs is 1. The first-order chi connectivity index (χ1) is 8.67. The van der Waals surface area contributed by atoms with Gasteiger partial charge in [0.05, 0.1) is 12.1 Å². The third-order valence-electron chi connectivity index (χ3n) is 2.56. The Morgan fingerprint density at radius 3 is 2.94 bits per heavy atom. The number of esters is 1. The molecule has 0 radical (unpaired) electrons. The highest BCUT2D eigenvalue weighted by molar-refractivity contribution is 9.10. The standard InChI is InChI=1S/C13H11BrN2O2/c1-3-18-13(17)12-6-9-4-5-10(14)7-11(9)16(12)8-15-2/h4-7H,3,8H2,1H3. The number of hydrogen-bond acceptors (Lipinski definition) is 2. The van der Waals surface area contributed by atoms with Crippen LogP contribution in [-0.2, 0) is 11.4 Å². The molecular formula is C13H11BrN2O2. The predicted octanol–water partition coefficient (Wildman–Crippen LogP) is 3.46. The van der Waals surface area contributed by atoms with Gasteiger partial charge < -0.3 is 4.74 Å². The Kier molecular flexibility index (Phi) is 3.68. The van der Waals surface area contributed by atoms with Crippen molar-refractivity contribution in [3.63, 3.8) is 0 Å². The van der Waals surface area contributed by atoms with Crippen molar-refractivity contribution in [3.05, 3.63) is 45.8 Å². The summed E-state index contributed by atoms with van der Waals surface area (Å²) < 4.78 is 7.58. The Labute approximate surface area is 113 Å². The fourth-order valence-corrected chi connectivity index (χ4v) is 2.17. The average molecular weight is 307 g/mol. The van der Waals surface area contributed by atoms with Crippen molar-refractivity contribution in [2.45, 2.75) is 13.6 Å². The molecule has 0 aliphatic heterocycles. The Morgan fingerprint density at radius 1 is 1.50 bits per heavy atom. The molecule has 92 valence electrons. The van der Waals surface area contributed by atoms with Gasteiger partial charge in [0.1, 0.15) is 5.69 Å². The molecule has 5 heteroatoms. The highest BCUT2D eigenvalue weighted by Crippen LogP contribution is 2.24. The quantitative estimate of drug-likeness (QED) is 0.643. The van der Waals surface area contributed by atoms with Gasteiger partial charge in [0.25, 0.3) is 6.67 Å². The minimum atomic E-state index is -0.395. The molecule has 0 N–H and O–H groups in total. The molecule has 0 unspecified atom stereocenters. The number of hydrogen-bond donors (Lipinski definition) is 0. The first kappa shape index (κ1) is 12.7. The summed E-state index contributed by atoms with van der Waals surface area (Å²) in [6.45, 7) is 9.17. The summed E-state index contributed by atoms with van der Waals surface area (Å²) in [5, 5.41) is 0.921. The van der Waals surface area contributed by atoms with Crippen molar-refractivity contribution < 1.29 is 9.53 Å². The normalized spacial score (nSPS) is 10.3. The number of rotatable bonds is 3. The van der Waals surface area contributed by atoms with Crippen LogP contribution in [0.1, 0.15) is 17.4 Å². The third-order valence-corrected chi connectivity index (χ3v) is 3.06. The smallest absolute Gasteiger partial charge is 0.355 e. The summed E-state index contributed by atoms with van der Waals surface area (Å²) in [5.41, 5.74) is 1.27. The zero-order valence-electron chi connectivity index (χ0n) is 9.81. The van der Waals surface area contributed by atoms with E-state index in [4.69, 9.17) is 11.3 Å². The first-order valence-electron chi connectivity index (χ1n) is 5.46. The molecule has 0 saturated heterocycles. The third kappa shape index (κ3) is 2.24. The van der Waals surface area contributed by atoms with E-state index in [1.165, 1.54) is 0 Å². The fourth-order valence-electron chi connectivity index (χ4n) is 1.82. The number of carbonyl (C=O) groups excluding carboxylic acids is 1. The minimum absolute atomic E-state index is 0.105. The van der Waals surface area contributed by atoms with E-state index in [0.717, 1.165) is 15.4 Å². The van der Waals surface area contributed by atoms with Crippen LogP contribution in [0.3, 0.4) is 0 Å². The number of ether oxygens (including phenoxy) is 1. The molecule has 2 aromatic rings. The summed E-state index contributed by atoms with van der Waals surface area (Å²) in [5.74, 6) is -0.395. The zero-order valence-corrected chi connectivity index (χ0v) is 11.4. The van der Waals surface area contributed by atoms with Gasteiger partial charge in [-0.05, 0) is 25.1 Å². The van der Waals surface area contributed by atoms with Crippen LogP contribution < -0.4 is 0 Å². The van der Waals surface area contributed by atoms with Gasteiger partial charge in [-0.2, -0.15) is 0 Å². The molecule has 1 heterocycles. The van der Waals surface area contributed by atoms with E-state index >= 15 is 0 Å². The lowest BCUT2D eigenvalue weighted by Gasteiger charge is -2.04. The number of nitrogens with zero attached hydrogens (tertiary/aromatic N) is 2. The topological polar surface area (TPSA) is 35.6 Å². The van der Waals surface area contributed by atoms with Crippen LogP contribution in [-0.4, -0.2) is 17.1 Å². The highest BCUT2D eigenvalue weighted by Gasteiger charge is 2.17. The maximum Gasteiger partial charge on any atom is 0.355 e. The maximum absolute atomic E-state index is 11.8. The van der Waals surface area contributed by atoms with Crippen molar-refractivity contribution >= 4 is 32.8 Å². The SMILES string of the molecule is [C-]#[N+]Cn1c(C(=O)OCC)cc2ccc(Br)cc21. The van der Waals surface area contributed by atoms with Crippen LogP contribution in [0.15, 0.2) is 28.7 Å². The van der Waals surface area contributed by atoms with Crippen molar-refractivity contribution in [2.24, 2.45) is 0 Å². The predicted molar refractivity (Wildman–Crippen MR) is 72.2 cm³/mol. The molecule has 1 aromatic heterocycles. The number of benzene rings is 1. The van der Waals surface area contributed by atoms with Gasteiger partial charge in [-0.25, -0.2) is 11.4 Å². The second-order valence-corrected chi connectivity index (χ2v) is 4.60. The fraction of sp³-hybridized carbons (Fsp3) is 0.231. The van der Waals surface area contributed by atoms with E-state index in [2.05, 4.69) is 20.8 Å². The van der Waals surface area contributed by atoms with E-state index in [-0.39, 0.29) is 6.67 Å². The van der Waals surface area contributed by atoms with E-state index < -0.39 is 5.97 Å². The molecular weight excluding hydrogens is 296 g/mol. The average Bonchev–Trinajstić information content (AvgIpc) is 2.69. The second kappa shape index (κ2) is 5.23. The van der Waals surface area contributed by atoms with Crippen LogP contribution in [0.4, 0.5) is 0 Å². The molecule has 4 nitrogen and oxygen atoms in total. The Balaban J connectivity index is 2.62. The van der Waals surface area contributed by atoms with Gasteiger partial charge in [-0.1, -0.05) is 22.0 Å². The van der Waals surface area contributed by atoms with Crippen molar-refractivity contribution in [1.82, 2.24) is 4.57 Å². The van der Waals surface area contributed by atoms with Gasteiger partial charge >= 0.3 is 5.97 Å². The van der Waals surface area contributed by atoms with Crippen LogP contribution in [0.2, 0.25) is 0 Å². The Bertz CT molecular complexity index is 640. The molecule has 1 aromatic carbocycles. The Hall–Kier alpha value is -1.80. The molecule has 0 amide bonds. The molecule has 0 fully saturated rings. The second-order valence-electron chi connectivity index (χ2n) is 3.68.